The summed E-state index contributed by atoms with van der Waals surface area (Å²) in [7, 11) is 3.97. The van der Waals surface area contributed by atoms with Gasteiger partial charge in [0.1, 0.15) is 5.69 Å². The Morgan fingerprint density at radius 3 is 2.70 bits per heavy atom. The Bertz CT molecular complexity index is 836. The monoisotopic (exact) mass is 388 g/mol. The highest BCUT2D eigenvalue weighted by molar-refractivity contribution is 7.99. The number of hydrogen-bond acceptors (Lipinski definition) is 5. The molecular formula is C19H28N6OS. The van der Waals surface area contributed by atoms with E-state index in [9.17, 15) is 4.79 Å². The van der Waals surface area contributed by atoms with Gasteiger partial charge in [-0.1, -0.05) is 37.9 Å². The van der Waals surface area contributed by atoms with Gasteiger partial charge in [0.15, 0.2) is 11.0 Å². The molecule has 2 aromatic heterocycles. The lowest BCUT2D eigenvalue weighted by atomic mass is 9.87. The molecule has 0 aromatic carbocycles. The molecule has 8 heteroatoms. The topological polar surface area (TPSA) is 68.8 Å². The second kappa shape index (κ2) is 7.66. The quantitative estimate of drug-likeness (QED) is 0.754. The summed E-state index contributed by atoms with van der Waals surface area (Å²) < 4.78 is 3.97. The molecule has 0 atom stereocenters. The number of fused-ring (bicyclic) bond motifs is 1. The first-order chi connectivity index (χ1) is 13.1. The fraction of sp³-hybridized carbons (Fsp3) is 0.684. The van der Waals surface area contributed by atoms with E-state index in [1.54, 1.807) is 11.8 Å². The summed E-state index contributed by atoms with van der Waals surface area (Å²) in [6, 6.07) is 0. The van der Waals surface area contributed by atoms with E-state index in [2.05, 4.69) is 17.1 Å². The zero-order valence-electron chi connectivity index (χ0n) is 16.4. The molecule has 0 radical (unpaired) electrons. The summed E-state index contributed by atoms with van der Waals surface area (Å²) in [6.45, 7) is 3.53. The smallest absolute Gasteiger partial charge is 0.225 e. The summed E-state index contributed by atoms with van der Waals surface area (Å²) in [5.41, 5.74) is 3.22. The number of nitrogens with zero attached hydrogens (tertiary/aromatic N) is 6. The van der Waals surface area contributed by atoms with E-state index in [0.29, 0.717) is 12.5 Å². The molecule has 7 nitrogen and oxygen atoms in total. The van der Waals surface area contributed by atoms with Crippen LogP contribution in [0.1, 0.15) is 50.3 Å². The van der Waals surface area contributed by atoms with Crippen molar-refractivity contribution in [3.63, 3.8) is 0 Å². The summed E-state index contributed by atoms with van der Waals surface area (Å²) in [6.07, 6.45) is 6.58. The third-order valence-electron chi connectivity index (χ3n) is 5.83. The van der Waals surface area contributed by atoms with Crippen molar-refractivity contribution < 1.29 is 4.79 Å². The molecule has 0 unspecified atom stereocenters. The summed E-state index contributed by atoms with van der Waals surface area (Å²) in [5.74, 6) is 2.28. The Labute approximate surface area is 164 Å². The Hall–Kier alpha value is -1.83. The highest BCUT2D eigenvalue weighted by Crippen LogP contribution is 2.32. The van der Waals surface area contributed by atoms with Crippen LogP contribution in [0.2, 0.25) is 0 Å². The van der Waals surface area contributed by atoms with E-state index >= 15 is 0 Å². The van der Waals surface area contributed by atoms with Crippen molar-refractivity contribution in [3.8, 4) is 11.5 Å². The summed E-state index contributed by atoms with van der Waals surface area (Å²) >= 11 is 1.68. The van der Waals surface area contributed by atoms with Crippen LogP contribution in [0.15, 0.2) is 5.16 Å². The number of thioether (sulfide) groups is 1. The van der Waals surface area contributed by atoms with Gasteiger partial charge in [-0.3, -0.25) is 9.48 Å². The van der Waals surface area contributed by atoms with Crippen molar-refractivity contribution in [1.82, 2.24) is 29.4 Å². The van der Waals surface area contributed by atoms with Crippen molar-refractivity contribution in [2.24, 2.45) is 20.0 Å². The van der Waals surface area contributed by atoms with E-state index < -0.39 is 0 Å². The minimum Gasteiger partial charge on any atom is -0.338 e. The Kier molecular flexibility index (Phi) is 5.25. The molecule has 2 aliphatic rings. The normalized spacial score (nSPS) is 18.0. The van der Waals surface area contributed by atoms with Crippen LogP contribution >= 0.6 is 11.8 Å². The van der Waals surface area contributed by atoms with Gasteiger partial charge in [0.05, 0.1) is 0 Å². The number of amides is 1. The zero-order valence-corrected chi connectivity index (χ0v) is 17.3. The minimum atomic E-state index is 0.211. The maximum atomic E-state index is 13.0. The number of rotatable bonds is 4. The first-order valence-electron chi connectivity index (χ1n) is 9.96. The number of carbonyl (C=O) groups is 1. The van der Waals surface area contributed by atoms with Gasteiger partial charge in [0.25, 0.3) is 0 Å². The molecule has 3 heterocycles. The van der Waals surface area contributed by atoms with Crippen LogP contribution in [-0.4, -0.2) is 47.6 Å². The first-order valence-corrected chi connectivity index (χ1v) is 10.9. The van der Waals surface area contributed by atoms with E-state index in [4.69, 9.17) is 5.10 Å². The predicted octanol–water partition coefficient (Wildman–Crippen LogP) is 2.79. The van der Waals surface area contributed by atoms with Crippen LogP contribution in [-0.2, 0) is 31.9 Å². The molecule has 1 fully saturated rings. The van der Waals surface area contributed by atoms with Crippen LogP contribution in [0.5, 0.6) is 0 Å². The standard InChI is InChI=1S/C19H28N6OS/c1-4-27-19-21-20-17(23(19)2)16-14-12-25(11-10-15(14)24(3)22-16)18(26)13-8-6-5-7-9-13/h13H,4-12H2,1-3H3. The molecule has 1 amide bonds. The van der Waals surface area contributed by atoms with Gasteiger partial charge in [-0.2, -0.15) is 5.10 Å². The van der Waals surface area contributed by atoms with Gasteiger partial charge in [-0.05, 0) is 18.6 Å². The maximum absolute atomic E-state index is 13.0. The average molecular weight is 389 g/mol. The van der Waals surface area contributed by atoms with Gasteiger partial charge >= 0.3 is 0 Å². The van der Waals surface area contributed by atoms with Gasteiger partial charge in [-0.25, -0.2) is 0 Å². The second-order valence-corrected chi connectivity index (χ2v) is 8.77. The maximum Gasteiger partial charge on any atom is 0.225 e. The Morgan fingerprint density at radius 2 is 1.96 bits per heavy atom. The third-order valence-corrected chi connectivity index (χ3v) is 6.73. The van der Waals surface area contributed by atoms with Crippen molar-refractivity contribution in [3.05, 3.63) is 11.3 Å². The molecule has 0 bridgehead atoms. The molecule has 4 rings (SSSR count). The van der Waals surface area contributed by atoms with Gasteiger partial charge in [-0.15, -0.1) is 10.2 Å². The third kappa shape index (κ3) is 3.39. The van der Waals surface area contributed by atoms with Crippen LogP contribution in [0, 0.1) is 5.92 Å². The molecule has 2 aromatic rings. The SMILES string of the molecule is CCSc1nnc(-c2nn(C)c3c2CN(C(=O)C2CCCCC2)CC3)n1C. The highest BCUT2D eigenvalue weighted by atomic mass is 32.2. The molecule has 0 N–H and O–H groups in total. The van der Waals surface area contributed by atoms with E-state index in [1.165, 1.54) is 25.0 Å². The Balaban J connectivity index is 1.62. The van der Waals surface area contributed by atoms with E-state index in [-0.39, 0.29) is 5.92 Å². The van der Waals surface area contributed by atoms with Crippen molar-refractivity contribution in [2.75, 3.05) is 12.3 Å². The molecule has 1 aliphatic carbocycles. The van der Waals surface area contributed by atoms with Crippen molar-refractivity contribution in [2.45, 2.75) is 57.1 Å². The van der Waals surface area contributed by atoms with E-state index in [0.717, 1.165) is 53.8 Å². The second-order valence-electron chi connectivity index (χ2n) is 7.54. The lowest BCUT2D eigenvalue weighted by Gasteiger charge is -2.32. The molecule has 1 aliphatic heterocycles. The lowest BCUT2D eigenvalue weighted by Crippen LogP contribution is -2.40. The molecular weight excluding hydrogens is 360 g/mol. The molecule has 0 spiro atoms. The zero-order chi connectivity index (χ0) is 19.0. The lowest BCUT2D eigenvalue weighted by molar-refractivity contribution is -0.137. The average Bonchev–Trinajstić information content (AvgIpc) is 3.22. The molecule has 1 saturated carbocycles. The van der Waals surface area contributed by atoms with Gasteiger partial charge in [0.2, 0.25) is 5.91 Å². The van der Waals surface area contributed by atoms with Gasteiger partial charge < -0.3 is 9.47 Å². The van der Waals surface area contributed by atoms with Crippen LogP contribution in [0.25, 0.3) is 11.5 Å². The Morgan fingerprint density at radius 1 is 1.19 bits per heavy atom. The number of hydrogen-bond donors (Lipinski definition) is 0. The number of carbonyl (C=O) groups excluding carboxylic acids is 1. The fourth-order valence-electron chi connectivity index (χ4n) is 4.34. The molecule has 0 saturated heterocycles. The summed E-state index contributed by atoms with van der Waals surface area (Å²) in [4.78, 5) is 15.1. The minimum absolute atomic E-state index is 0.211. The first kappa shape index (κ1) is 18.5. The van der Waals surface area contributed by atoms with Gasteiger partial charge in [0, 0.05) is 50.8 Å². The molecule has 27 heavy (non-hydrogen) atoms. The van der Waals surface area contributed by atoms with Crippen molar-refractivity contribution >= 4 is 17.7 Å². The fourth-order valence-corrected chi connectivity index (χ4v) is 4.98. The van der Waals surface area contributed by atoms with E-state index in [1.807, 2.05) is 28.2 Å². The highest BCUT2D eigenvalue weighted by Gasteiger charge is 2.32. The van der Waals surface area contributed by atoms with Crippen LogP contribution < -0.4 is 0 Å². The van der Waals surface area contributed by atoms with Crippen molar-refractivity contribution in [1.29, 1.82) is 0 Å². The largest absolute Gasteiger partial charge is 0.338 e. The number of aromatic nitrogens is 5. The van der Waals surface area contributed by atoms with Crippen LogP contribution in [0.4, 0.5) is 0 Å². The predicted molar refractivity (Wildman–Crippen MR) is 105 cm³/mol. The number of aryl methyl sites for hydroxylation is 1. The summed E-state index contributed by atoms with van der Waals surface area (Å²) in [5, 5.41) is 14.4. The van der Waals surface area contributed by atoms with Crippen LogP contribution in [0.3, 0.4) is 0 Å². The molecule has 146 valence electrons.